The third-order valence-electron chi connectivity index (χ3n) is 4.44. The minimum atomic E-state index is -0.445. The summed E-state index contributed by atoms with van der Waals surface area (Å²) in [6.45, 7) is 7.78. The monoisotopic (exact) mass is 318 g/mol. The van der Waals surface area contributed by atoms with Gasteiger partial charge in [0.15, 0.2) is 0 Å². The summed E-state index contributed by atoms with van der Waals surface area (Å²) >= 11 is 0. The van der Waals surface area contributed by atoms with Crippen LogP contribution < -0.4 is 5.32 Å². The number of carbonyl (C=O) groups excluding carboxylic acids is 1. The van der Waals surface area contributed by atoms with E-state index in [1.54, 1.807) is 4.90 Å². The summed E-state index contributed by atoms with van der Waals surface area (Å²) in [5.74, 6) is 0. The Balaban J connectivity index is 1.56. The van der Waals surface area contributed by atoms with Crippen LogP contribution in [-0.4, -0.2) is 41.8 Å². The van der Waals surface area contributed by atoms with Crippen molar-refractivity contribution in [2.45, 2.75) is 51.0 Å². The van der Waals surface area contributed by atoms with E-state index >= 15 is 0 Å². The molecule has 1 amide bonds. The lowest BCUT2D eigenvalue weighted by molar-refractivity contribution is 0.0150. The molecule has 1 aromatic carbocycles. The summed E-state index contributed by atoms with van der Waals surface area (Å²) in [5, 5.41) is 3.63. The molecule has 5 nitrogen and oxygen atoms in total. The van der Waals surface area contributed by atoms with Crippen LogP contribution in [0, 0.1) is 0 Å². The van der Waals surface area contributed by atoms with Gasteiger partial charge in [-0.3, -0.25) is 5.32 Å². The van der Waals surface area contributed by atoms with Crippen LogP contribution in [0.4, 0.5) is 4.79 Å². The molecule has 0 radical (unpaired) electrons. The quantitative estimate of drug-likeness (QED) is 0.864. The van der Waals surface area contributed by atoms with Crippen molar-refractivity contribution in [1.29, 1.82) is 0 Å². The van der Waals surface area contributed by atoms with Crippen molar-refractivity contribution in [2.75, 3.05) is 19.7 Å². The van der Waals surface area contributed by atoms with Crippen molar-refractivity contribution in [3.8, 4) is 0 Å². The largest absolute Gasteiger partial charge is 0.444 e. The van der Waals surface area contributed by atoms with E-state index in [2.05, 4.69) is 17.4 Å². The first-order chi connectivity index (χ1) is 10.9. The summed E-state index contributed by atoms with van der Waals surface area (Å²) in [6.07, 6.45) is 1.50. The SMILES string of the molecule is CC(C)(C)OC(=O)N1CCC2(CC1)COC(c1ccccc1)N2. The van der Waals surface area contributed by atoms with Crippen molar-refractivity contribution in [3.05, 3.63) is 35.9 Å². The molecule has 1 unspecified atom stereocenters. The molecule has 2 aliphatic heterocycles. The van der Waals surface area contributed by atoms with E-state index in [9.17, 15) is 4.79 Å². The lowest BCUT2D eigenvalue weighted by Crippen LogP contribution is -2.53. The minimum Gasteiger partial charge on any atom is -0.444 e. The molecule has 3 rings (SSSR count). The fourth-order valence-electron chi connectivity index (χ4n) is 3.14. The maximum Gasteiger partial charge on any atom is 0.410 e. The van der Waals surface area contributed by atoms with Gasteiger partial charge in [-0.1, -0.05) is 30.3 Å². The first-order valence-electron chi connectivity index (χ1n) is 8.29. The minimum absolute atomic E-state index is 0.0287. The highest BCUT2D eigenvalue weighted by molar-refractivity contribution is 5.68. The number of carbonyl (C=O) groups is 1. The van der Waals surface area contributed by atoms with Crippen LogP contribution >= 0.6 is 0 Å². The molecule has 2 fully saturated rings. The number of amides is 1. The summed E-state index contributed by atoms with van der Waals surface area (Å²) in [6, 6.07) is 10.2. The Bertz CT molecular complexity index is 545. The van der Waals surface area contributed by atoms with Crippen molar-refractivity contribution in [3.63, 3.8) is 0 Å². The van der Waals surface area contributed by atoms with Crippen molar-refractivity contribution < 1.29 is 14.3 Å². The number of hydrogen-bond acceptors (Lipinski definition) is 4. The first-order valence-corrected chi connectivity index (χ1v) is 8.29. The molecule has 5 heteroatoms. The van der Waals surface area contributed by atoms with Gasteiger partial charge in [0.25, 0.3) is 0 Å². The molecule has 1 aromatic rings. The number of rotatable bonds is 1. The Labute approximate surface area is 137 Å². The molecule has 23 heavy (non-hydrogen) atoms. The van der Waals surface area contributed by atoms with Crippen molar-refractivity contribution >= 4 is 6.09 Å². The van der Waals surface area contributed by atoms with Gasteiger partial charge >= 0.3 is 6.09 Å². The summed E-state index contributed by atoms with van der Waals surface area (Å²) in [5.41, 5.74) is 0.678. The normalized spacial score (nSPS) is 24.0. The zero-order valence-corrected chi connectivity index (χ0v) is 14.2. The smallest absolute Gasteiger partial charge is 0.410 e. The Morgan fingerprint density at radius 2 is 1.91 bits per heavy atom. The molecule has 2 heterocycles. The number of nitrogens with zero attached hydrogens (tertiary/aromatic N) is 1. The third kappa shape index (κ3) is 3.85. The molecular weight excluding hydrogens is 292 g/mol. The van der Waals surface area contributed by atoms with Gasteiger partial charge in [0.1, 0.15) is 11.8 Å². The first kappa shape index (κ1) is 16.3. The number of ether oxygens (including phenoxy) is 2. The number of piperidine rings is 1. The lowest BCUT2D eigenvalue weighted by Gasteiger charge is -2.39. The topological polar surface area (TPSA) is 50.8 Å². The van der Waals surface area contributed by atoms with E-state index in [0.29, 0.717) is 19.7 Å². The van der Waals surface area contributed by atoms with E-state index in [4.69, 9.17) is 9.47 Å². The number of likely N-dealkylation sites (tertiary alicyclic amines) is 1. The van der Waals surface area contributed by atoms with Gasteiger partial charge < -0.3 is 14.4 Å². The molecule has 0 bridgehead atoms. The molecule has 1 atom stereocenters. The van der Waals surface area contributed by atoms with Gasteiger partial charge in [-0.25, -0.2) is 4.79 Å². The molecule has 126 valence electrons. The fraction of sp³-hybridized carbons (Fsp3) is 0.611. The van der Waals surface area contributed by atoms with E-state index in [1.807, 2.05) is 39.0 Å². The molecule has 0 saturated carbocycles. The maximum atomic E-state index is 12.2. The Morgan fingerprint density at radius 3 is 2.52 bits per heavy atom. The van der Waals surface area contributed by atoms with Crippen LogP contribution in [0.25, 0.3) is 0 Å². The second-order valence-corrected chi connectivity index (χ2v) is 7.49. The van der Waals surface area contributed by atoms with Crippen LogP contribution in [0.1, 0.15) is 45.4 Å². The van der Waals surface area contributed by atoms with E-state index in [0.717, 1.165) is 18.4 Å². The summed E-state index contributed by atoms with van der Waals surface area (Å²) in [7, 11) is 0. The van der Waals surface area contributed by atoms with E-state index < -0.39 is 5.60 Å². The van der Waals surface area contributed by atoms with Gasteiger partial charge in [-0.15, -0.1) is 0 Å². The number of benzene rings is 1. The predicted molar refractivity (Wildman–Crippen MR) is 88.0 cm³/mol. The molecular formula is C18H26N2O3. The van der Waals surface area contributed by atoms with Crippen molar-refractivity contribution in [1.82, 2.24) is 10.2 Å². The average Bonchev–Trinajstić information content (AvgIpc) is 2.91. The van der Waals surface area contributed by atoms with Gasteiger partial charge in [0.05, 0.1) is 6.61 Å². The predicted octanol–water partition coefficient (Wildman–Crippen LogP) is 3.07. The van der Waals surface area contributed by atoms with Crippen LogP contribution in [0.2, 0.25) is 0 Å². The fourth-order valence-corrected chi connectivity index (χ4v) is 3.14. The van der Waals surface area contributed by atoms with E-state index in [-0.39, 0.29) is 17.9 Å². The standard InChI is InChI=1S/C18H26N2O3/c1-17(2,3)23-16(21)20-11-9-18(10-12-20)13-22-15(19-18)14-7-5-4-6-8-14/h4-8,15,19H,9-13H2,1-3H3. The highest BCUT2D eigenvalue weighted by Crippen LogP contribution is 2.33. The second kappa shape index (κ2) is 6.13. The molecule has 2 aliphatic rings. The Hall–Kier alpha value is -1.59. The highest BCUT2D eigenvalue weighted by atomic mass is 16.6. The van der Waals surface area contributed by atoms with Crippen LogP contribution in [-0.2, 0) is 9.47 Å². The maximum absolute atomic E-state index is 12.2. The molecule has 2 saturated heterocycles. The lowest BCUT2D eigenvalue weighted by atomic mass is 9.89. The average molecular weight is 318 g/mol. The summed E-state index contributed by atoms with van der Waals surface area (Å²) in [4.78, 5) is 14.0. The highest BCUT2D eigenvalue weighted by Gasteiger charge is 2.43. The van der Waals surface area contributed by atoms with Crippen LogP contribution in [0.5, 0.6) is 0 Å². The van der Waals surface area contributed by atoms with Gasteiger partial charge in [-0.2, -0.15) is 0 Å². The van der Waals surface area contributed by atoms with Gasteiger partial charge in [0.2, 0.25) is 0 Å². The van der Waals surface area contributed by atoms with Gasteiger partial charge in [0, 0.05) is 18.6 Å². The molecule has 1 spiro atoms. The zero-order valence-electron chi connectivity index (χ0n) is 14.2. The van der Waals surface area contributed by atoms with Crippen LogP contribution in [0.15, 0.2) is 30.3 Å². The third-order valence-corrected chi connectivity index (χ3v) is 4.44. The second-order valence-electron chi connectivity index (χ2n) is 7.49. The van der Waals surface area contributed by atoms with Crippen molar-refractivity contribution in [2.24, 2.45) is 0 Å². The molecule has 0 aromatic heterocycles. The zero-order chi connectivity index (χ0) is 16.5. The molecule has 0 aliphatic carbocycles. The van der Waals surface area contributed by atoms with Gasteiger partial charge in [-0.05, 0) is 39.2 Å². The Kier molecular flexibility index (Phi) is 4.34. The number of hydrogen-bond donors (Lipinski definition) is 1. The molecule has 1 N–H and O–H groups in total. The van der Waals surface area contributed by atoms with E-state index in [1.165, 1.54) is 0 Å². The summed E-state index contributed by atoms with van der Waals surface area (Å²) < 4.78 is 11.4. The van der Waals surface area contributed by atoms with Crippen LogP contribution in [0.3, 0.4) is 0 Å². The number of nitrogens with one attached hydrogen (secondary N) is 1. The Morgan fingerprint density at radius 1 is 1.26 bits per heavy atom.